The Morgan fingerprint density at radius 1 is 1.07 bits per heavy atom. The molecule has 5 nitrogen and oxygen atoms in total. The maximum atomic E-state index is 13.3. The molecule has 28 heavy (non-hydrogen) atoms. The van der Waals surface area contributed by atoms with Crippen molar-refractivity contribution in [1.82, 2.24) is 15.1 Å². The molecule has 1 amide bonds. The fraction of sp³-hybridized carbons (Fsp3) is 0.0909. The van der Waals surface area contributed by atoms with Gasteiger partial charge in [-0.25, -0.2) is 9.07 Å². The molecule has 140 valence electrons. The molecule has 6 heteroatoms. The summed E-state index contributed by atoms with van der Waals surface area (Å²) < 4.78 is 20.3. The van der Waals surface area contributed by atoms with Crippen molar-refractivity contribution in [2.24, 2.45) is 0 Å². The molecule has 2 aromatic carbocycles. The van der Waals surface area contributed by atoms with Gasteiger partial charge in [-0.05, 0) is 55.5 Å². The van der Waals surface area contributed by atoms with E-state index in [0.29, 0.717) is 22.6 Å². The number of amides is 1. The van der Waals surface area contributed by atoms with Gasteiger partial charge < -0.3 is 9.73 Å². The highest BCUT2D eigenvalue weighted by atomic mass is 19.1. The van der Waals surface area contributed by atoms with Gasteiger partial charge in [-0.1, -0.05) is 18.2 Å². The van der Waals surface area contributed by atoms with Crippen molar-refractivity contribution in [3.8, 4) is 16.9 Å². The highest BCUT2D eigenvalue weighted by Crippen LogP contribution is 2.25. The molecule has 0 spiro atoms. The van der Waals surface area contributed by atoms with Crippen molar-refractivity contribution in [3.63, 3.8) is 0 Å². The summed E-state index contributed by atoms with van der Waals surface area (Å²) in [5, 5.41) is 7.51. The van der Waals surface area contributed by atoms with Crippen LogP contribution in [-0.4, -0.2) is 15.7 Å². The van der Waals surface area contributed by atoms with Crippen molar-refractivity contribution in [3.05, 3.63) is 96.3 Å². The molecule has 0 aliphatic heterocycles. The van der Waals surface area contributed by atoms with Gasteiger partial charge in [-0.15, -0.1) is 0 Å². The molecule has 4 rings (SSSR count). The minimum Gasteiger partial charge on any atom is -0.467 e. The fourth-order valence-corrected chi connectivity index (χ4v) is 2.96. The molecule has 2 heterocycles. The zero-order valence-electron chi connectivity index (χ0n) is 15.2. The lowest BCUT2D eigenvalue weighted by molar-refractivity contribution is 0.0936. The Balaban J connectivity index is 1.72. The molecule has 0 saturated heterocycles. The van der Waals surface area contributed by atoms with Crippen molar-refractivity contribution >= 4 is 5.91 Å². The van der Waals surface area contributed by atoms with Crippen molar-refractivity contribution < 1.29 is 13.6 Å². The van der Waals surface area contributed by atoms with Crippen molar-refractivity contribution in [2.75, 3.05) is 0 Å². The lowest BCUT2D eigenvalue weighted by atomic mass is 10.1. The number of nitrogens with zero attached hydrogens (tertiary/aromatic N) is 2. The van der Waals surface area contributed by atoms with Gasteiger partial charge in [-0.2, -0.15) is 5.10 Å². The van der Waals surface area contributed by atoms with Crippen molar-refractivity contribution in [1.29, 1.82) is 0 Å². The molecule has 0 fully saturated rings. The maximum Gasteiger partial charge on any atom is 0.255 e. The number of rotatable bonds is 5. The Bertz CT molecular complexity index is 1070. The van der Waals surface area contributed by atoms with E-state index in [1.54, 1.807) is 41.4 Å². The third kappa shape index (κ3) is 3.57. The molecule has 0 aliphatic carbocycles. The summed E-state index contributed by atoms with van der Waals surface area (Å²) in [5.74, 6) is 0.0289. The fourth-order valence-electron chi connectivity index (χ4n) is 2.96. The molecule has 2 aromatic heterocycles. The third-order valence-corrected chi connectivity index (χ3v) is 4.41. The van der Waals surface area contributed by atoms with E-state index >= 15 is 0 Å². The van der Waals surface area contributed by atoms with Gasteiger partial charge in [0.05, 0.1) is 23.6 Å². The molecular weight excluding hydrogens is 357 g/mol. The quantitative estimate of drug-likeness (QED) is 0.547. The number of benzene rings is 2. The average molecular weight is 375 g/mol. The average Bonchev–Trinajstić information content (AvgIpc) is 3.40. The number of nitrogens with one attached hydrogen (secondary N) is 1. The van der Waals surface area contributed by atoms with E-state index in [4.69, 9.17) is 4.42 Å². The molecule has 1 atom stereocenters. The number of hydrogen-bond acceptors (Lipinski definition) is 3. The Morgan fingerprint density at radius 2 is 1.82 bits per heavy atom. The van der Waals surface area contributed by atoms with E-state index in [0.717, 1.165) is 5.69 Å². The van der Waals surface area contributed by atoms with E-state index in [-0.39, 0.29) is 17.8 Å². The largest absolute Gasteiger partial charge is 0.467 e. The zero-order valence-corrected chi connectivity index (χ0v) is 15.2. The van der Waals surface area contributed by atoms with Gasteiger partial charge in [0.1, 0.15) is 17.3 Å². The van der Waals surface area contributed by atoms with Crippen LogP contribution < -0.4 is 5.32 Å². The van der Waals surface area contributed by atoms with Crippen LogP contribution in [0.5, 0.6) is 0 Å². The van der Waals surface area contributed by atoms with Crippen LogP contribution in [0.15, 0.2) is 83.6 Å². The van der Waals surface area contributed by atoms with E-state index in [9.17, 15) is 9.18 Å². The number of halogens is 1. The minimum absolute atomic E-state index is 0.287. The smallest absolute Gasteiger partial charge is 0.255 e. The van der Waals surface area contributed by atoms with Crippen LogP contribution in [0.25, 0.3) is 16.9 Å². The number of carbonyl (C=O) groups is 1. The van der Waals surface area contributed by atoms with Crippen LogP contribution in [0.4, 0.5) is 4.39 Å². The first-order valence-corrected chi connectivity index (χ1v) is 8.87. The van der Waals surface area contributed by atoms with Crippen LogP contribution in [0, 0.1) is 5.82 Å². The molecule has 0 aliphatic rings. The van der Waals surface area contributed by atoms with Gasteiger partial charge in [0.15, 0.2) is 0 Å². The highest BCUT2D eigenvalue weighted by Gasteiger charge is 2.21. The van der Waals surface area contributed by atoms with Gasteiger partial charge in [0.25, 0.3) is 5.91 Å². The maximum absolute atomic E-state index is 13.3. The first-order chi connectivity index (χ1) is 13.6. The highest BCUT2D eigenvalue weighted by molar-refractivity contribution is 6.00. The molecule has 4 aromatic rings. The van der Waals surface area contributed by atoms with Crippen LogP contribution in [0.2, 0.25) is 0 Å². The van der Waals surface area contributed by atoms with E-state index in [1.165, 1.54) is 12.1 Å². The van der Waals surface area contributed by atoms with Gasteiger partial charge >= 0.3 is 0 Å². The predicted molar refractivity (Wildman–Crippen MR) is 104 cm³/mol. The lowest BCUT2D eigenvalue weighted by Crippen LogP contribution is -2.26. The summed E-state index contributed by atoms with van der Waals surface area (Å²) in [6, 6.07) is 18.7. The topological polar surface area (TPSA) is 60.1 Å². The van der Waals surface area contributed by atoms with Crippen LogP contribution in [-0.2, 0) is 0 Å². The lowest BCUT2D eigenvalue weighted by Gasteiger charge is -2.11. The van der Waals surface area contributed by atoms with Crippen molar-refractivity contribution in [2.45, 2.75) is 13.0 Å². The summed E-state index contributed by atoms with van der Waals surface area (Å²) in [5.41, 5.74) is 2.36. The number of hydrogen-bond donors (Lipinski definition) is 1. The zero-order chi connectivity index (χ0) is 19.5. The monoisotopic (exact) mass is 375 g/mol. The molecule has 0 bridgehead atoms. The number of furan rings is 1. The van der Waals surface area contributed by atoms with E-state index in [2.05, 4.69) is 10.4 Å². The summed E-state index contributed by atoms with van der Waals surface area (Å²) in [6.45, 7) is 1.84. The first-order valence-electron chi connectivity index (χ1n) is 8.87. The second-order valence-corrected chi connectivity index (χ2v) is 6.39. The second-order valence-electron chi connectivity index (χ2n) is 6.39. The Kier molecular flexibility index (Phi) is 4.76. The predicted octanol–water partition coefficient (Wildman–Crippen LogP) is 4.76. The Hall–Kier alpha value is -3.67. The normalized spacial score (nSPS) is 11.9. The molecular formula is C22H18FN3O2. The van der Waals surface area contributed by atoms with Gasteiger partial charge in [-0.3, -0.25) is 4.79 Å². The molecule has 0 saturated carbocycles. The second kappa shape index (κ2) is 7.52. The molecule has 0 unspecified atom stereocenters. The number of carbonyl (C=O) groups excluding carboxylic acids is 1. The number of aromatic nitrogens is 2. The minimum atomic E-state index is -0.344. The van der Waals surface area contributed by atoms with Crippen LogP contribution in [0.1, 0.15) is 29.1 Å². The molecule has 1 N–H and O–H groups in total. The summed E-state index contributed by atoms with van der Waals surface area (Å²) in [6.07, 6.45) is 3.24. The van der Waals surface area contributed by atoms with Gasteiger partial charge in [0.2, 0.25) is 0 Å². The van der Waals surface area contributed by atoms with Gasteiger partial charge in [0, 0.05) is 11.8 Å². The summed E-state index contributed by atoms with van der Waals surface area (Å²) >= 11 is 0. The summed E-state index contributed by atoms with van der Waals surface area (Å²) in [4.78, 5) is 13.0. The van der Waals surface area contributed by atoms with E-state index < -0.39 is 0 Å². The Labute approximate surface area is 161 Å². The standard InChI is InChI=1S/C22H18FN3O2/c1-15(20-8-5-13-28-20)24-22(27)19-14-26(18-6-3-2-4-7-18)25-21(19)16-9-11-17(23)12-10-16/h2-15H,1H3,(H,24,27)/t15-/m0/s1. The Morgan fingerprint density at radius 3 is 2.50 bits per heavy atom. The third-order valence-electron chi connectivity index (χ3n) is 4.41. The van der Waals surface area contributed by atoms with E-state index in [1.807, 2.05) is 37.3 Å². The van der Waals surface area contributed by atoms with Crippen LogP contribution in [0.3, 0.4) is 0 Å². The summed E-state index contributed by atoms with van der Waals surface area (Å²) in [7, 11) is 0. The molecule has 0 radical (unpaired) electrons. The first kappa shape index (κ1) is 17.7. The van der Waals surface area contributed by atoms with Crippen LogP contribution >= 0.6 is 0 Å². The number of para-hydroxylation sites is 1. The SMILES string of the molecule is C[C@H](NC(=O)c1cn(-c2ccccc2)nc1-c1ccc(F)cc1)c1ccco1.